The Morgan fingerprint density at radius 2 is 1.83 bits per heavy atom. The van der Waals surface area contributed by atoms with Crippen molar-refractivity contribution >= 4 is 28.2 Å². The van der Waals surface area contributed by atoms with Crippen molar-refractivity contribution in [1.82, 2.24) is 4.98 Å². The maximum absolute atomic E-state index is 9.50. The van der Waals surface area contributed by atoms with Gasteiger partial charge in [-0.1, -0.05) is 54.1 Å². The molecule has 3 N–H and O–H groups in total. The predicted molar refractivity (Wildman–Crippen MR) is 122 cm³/mol. The number of benzene rings is 2. The molecule has 152 valence electrons. The summed E-state index contributed by atoms with van der Waals surface area (Å²) in [6, 6.07) is 14.9. The molecule has 29 heavy (non-hydrogen) atoms. The monoisotopic (exact) mass is 411 g/mol. The van der Waals surface area contributed by atoms with Crippen LogP contribution in [-0.2, 0) is 5.54 Å². The molecule has 0 aliphatic heterocycles. The lowest BCUT2D eigenvalue weighted by Crippen LogP contribution is -2.43. The summed E-state index contributed by atoms with van der Waals surface area (Å²) in [5.41, 5.74) is 12.7. The van der Waals surface area contributed by atoms with Crippen LogP contribution in [0.5, 0.6) is 0 Å². The molecule has 0 saturated heterocycles. The summed E-state index contributed by atoms with van der Waals surface area (Å²) in [6.45, 7) is 6.62. The maximum Gasteiger partial charge on any atom is 0.0827 e. The Kier molecular flexibility index (Phi) is 6.56. The average molecular weight is 412 g/mol. The lowest BCUT2D eigenvalue weighted by molar-refractivity contribution is 0.253. The van der Waals surface area contributed by atoms with Gasteiger partial charge in [0.15, 0.2) is 0 Å². The van der Waals surface area contributed by atoms with E-state index in [2.05, 4.69) is 53.3 Å². The second-order valence-electron chi connectivity index (χ2n) is 7.61. The van der Waals surface area contributed by atoms with Crippen LogP contribution in [0.25, 0.3) is 22.0 Å². The summed E-state index contributed by atoms with van der Waals surface area (Å²) in [6.07, 6.45) is 5.06. The molecule has 0 unspecified atom stereocenters. The SMILES string of the molecule is C=C(C)CNc1c(Cl)cnc2ccc(-c3ccc(C4(N)CCC4)cc3)cc12.CF. The molecule has 1 aliphatic carbocycles. The number of fused-ring (bicyclic) bond motifs is 1. The number of alkyl halides is 1. The molecular weight excluding hydrogens is 385 g/mol. The molecule has 4 rings (SSSR count). The molecule has 0 spiro atoms. The molecule has 0 radical (unpaired) electrons. The van der Waals surface area contributed by atoms with Crippen LogP contribution in [0, 0.1) is 0 Å². The first-order valence-electron chi connectivity index (χ1n) is 9.70. The predicted octanol–water partition coefficient (Wildman–Crippen LogP) is 6.47. The number of pyridine rings is 1. The van der Waals surface area contributed by atoms with Gasteiger partial charge in [0.2, 0.25) is 0 Å². The van der Waals surface area contributed by atoms with Gasteiger partial charge in [0.1, 0.15) is 0 Å². The highest BCUT2D eigenvalue weighted by molar-refractivity contribution is 6.34. The summed E-state index contributed by atoms with van der Waals surface area (Å²) in [7, 11) is 0.500. The van der Waals surface area contributed by atoms with Crippen molar-refractivity contribution in [2.45, 2.75) is 31.7 Å². The summed E-state index contributed by atoms with van der Waals surface area (Å²) in [5, 5.41) is 5.02. The number of hydrogen-bond donors (Lipinski definition) is 2. The van der Waals surface area contributed by atoms with Crippen LogP contribution >= 0.6 is 11.6 Å². The molecule has 0 atom stereocenters. The van der Waals surface area contributed by atoms with Gasteiger partial charge in [0.05, 0.1) is 23.4 Å². The van der Waals surface area contributed by atoms with E-state index in [0.29, 0.717) is 18.7 Å². The third-order valence-corrected chi connectivity index (χ3v) is 5.71. The fourth-order valence-electron chi connectivity index (χ4n) is 3.61. The number of nitrogens with one attached hydrogen (secondary N) is 1. The second kappa shape index (κ2) is 8.93. The topological polar surface area (TPSA) is 50.9 Å². The summed E-state index contributed by atoms with van der Waals surface area (Å²) >= 11 is 6.41. The number of hydrogen-bond acceptors (Lipinski definition) is 3. The zero-order valence-corrected chi connectivity index (χ0v) is 17.7. The van der Waals surface area contributed by atoms with Gasteiger partial charge in [-0.3, -0.25) is 9.37 Å². The van der Waals surface area contributed by atoms with Gasteiger partial charge in [-0.05, 0) is 55.0 Å². The van der Waals surface area contributed by atoms with Crippen LogP contribution in [0.3, 0.4) is 0 Å². The molecule has 3 nitrogen and oxygen atoms in total. The van der Waals surface area contributed by atoms with Crippen molar-refractivity contribution in [3.63, 3.8) is 0 Å². The Labute approximate surface area is 176 Å². The van der Waals surface area contributed by atoms with Crippen LogP contribution in [0.2, 0.25) is 5.02 Å². The van der Waals surface area contributed by atoms with Crippen molar-refractivity contribution in [3.8, 4) is 11.1 Å². The first kappa shape index (κ1) is 21.3. The van der Waals surface area contributed by atoms with Crippen LogP contribution < -0.4 is 11.1 Å². The lowest BCUT2D eigenvalue weighted by atomic mass is 9.72. The van der Waals surface area contributed by atoms with Gasteiger partial charge in [0, 0.05) is 23.7 Å². The zero-order valence-electron chi connectivity index (χ0n) is 16.9. The fourth-order valence-corrected chi connectivity index (χ4v) is 3.83. The molecule has 1 fully saturated rings. The minimum Gasteiger partial charge on any atom is -0.380 e. The summed E-state index contributed by atoms with van der Waals surface area (Å²) in [4.78, 5) is 4.46. The Bertz CT molecular complexity index is 1010. The van der Waals surface area contributed by atoms with Crippen molar-refractivity contribution in [3.05, 3.63) is 71.4 Å². The first-order valence-corrected chi connectivity index (χ1v) is 10.1. The Balaban J connectivity index is 0.00000117. The van der Waals surface area contributed by atoms with Gasteiger partial charge in [-0.2, -0.15) is 0 Å². The number of nitrogens with zero attached hydrogens (tertiary/aromatic N) is 1. The molecule has 0 amide bonds. The molecular formula is C24H27ClFN3. The molecule has 5 heteroatoms. The maximum atomic E-state index is 9.50. The highest BCUT2D eigenvalue weighted by atomic mass is 35.5. The number of anilines is 1. The van der Waals surface area contributed by atoms with Crippen LogP contribution in [0.4, 0.5) is 10.1 Å². The van der Waals surface area contributed by atoms with Gasteiger partial charge >= 0.3 is 0 Å². The third kappa shape index (κ3) is 4.44. The van der Waals surface area contributed by atoms with E-state index in [0.717, 1.165) is 46.1 Å². The van der Waals surface area contributed by atoms with E-state index in [-0.39, 0.29) is 5.54 Å². The van der Waals surface area contributed by atoms with E-state index in [4.69, 9.17) is 17.3 Å². The molecule has 2 aromatic carbocycles. The van der Waals surface area contributed by atoms with E-state index in [1.54, 1.807) is 6.20 Å². The van der Waals surface area contributed by atoms with Crippen LogP contribution in [0.1, 0.15) is 31.7 Å². The molecule has 3 aromatic rings. The summed E-state index contributed by atoms with van der Waals surface area (Å²) in [5.74, 6) is 0. The van der Waals surface area contributed by atoms with E-state index >= 15 is 0 Å². The Hall–Kier alpha value is -2.43. The van der Waals surface area contributed by atoms with Crippen LogP contribution in [0.15, 0.2) is 60.8 Å². The molecule has 1 aliphatic rings. The molecule has 1 aromatic heterocycles. The minimum atomic E-state index is -0.126. The van der Waals surface area contributed by atoms with Gasteiger partial charge in [0.25, 0.3) is 0 Å². The number of nitrogens with two attached hydrogens (primary N) is 1. The lowest BCUT2D eigenvalue weighted by Gasteiger charge is -2.38. The zero-order chi connectivity index (χ0) is 21.0. The minimum absolute atomic E-state index is 0.126. The number of halogens is 2. The Morgan fingerprint density at radius 3 is 2.41 bits per heavy atom. The fraction of sp³-hybridized carbons (Fsp3) is 0.292. The van der Waals surface area contributed by atoms with E-state index in [1.165, 1.54) is 12.0 Å². The van der Waals surface area contributed by atoms with Crippen molar-refractivity contribution in [2.75, 3.05) is 19.0 Å². The number of rotatable bonds is 5. The largest absolute Gasteiger partial charge is 0.380 e. The van der Waals surface area contributed by atoms with Crippen LogP contribution in [-0.4, -0.2) is 18.7 Å². The van der Waals surface area contributed by atoms with Gasteiger partial charge < -0.3 is 11.1 Å². The third-order valence-electron chi connectivity index (χ3n) is 5.43. The van der Waals surface area contributed by atoms with Gasteiger partial charge in [-0.25, -0.2) is 0 Å². The molecule has 1 heterocycles. The normalized spacial score (nSPS) is 14.5. The van der Waals surface area contributed by atoms with Crippen molar-refractivity contribution in [1.29, 1.82) is 0 Å². The van der Waals surface area contributed by atoms with E-state index in [1.807, 2.05) is 13.0 Å². The highest BCUT2D eigenvalue weighted by Gasteiger charge is 2.34. The summed E-state index contributed by atoms with van der Waals surface area (Å²) < 4.78 is 9.50. The van der Waals surface area contributed by atoms with Crippen molar-refractivity contribution in [2.24, 2.45) is 5.73 Å². The van der Waals surface area contributed by atoms with E-state index < -0.39 is 0 Å². The standard InChI is InChI=1S/C23H24ClN3.CH3F/c1-15(2)13-27-22-19-12-17(6-9-21(19)26-14-20(22)24)16-4-7-18(8-5-16)23(25)10-3-11-23;1-2/h4-9,12,14H,1,3,10-11,13,25H2,2H3,(H,26,27);1H3. The first-order chi connectivity index (χ1) is 14.0. The van der Waals surface area contributed by atoms with Crippen molar-refractivity contribution < 1.29 is 4.39 Å². The smallest absolute Gasteiger partial charge is 0.0827 e. The quantitative estimate of drug-likeness (QED) is 0.473. The average Bonchev–Trinajstić information content (AvgIpc) is 2.72. The van der Waals surface area contributed by atoms with E-state index in [9.17, 15) is 4.39 Å². The van der Waals surface area contributed by atoms with Gasteiger partial charge in [-0.15, -0.1) is 0 Å². The molecule has 0 bridgehead atoms. The highest BCUT2D eigenvalue weighted by Crippen LogP contribution is 2.39. The Morgan fingerprint density at radius 1 is 1.17 bits per heavy atom. The second-order valence-corrected chi connectivity index (χ2v) is 8.02. The molecule has 1 saturated carbocycles. The number of aromatic nitrogens is 1.